The smallest absolute Gasteiger partial charge is 0.236 e. The van der Waals surface area contributed by atoms with Gasteiger partial charge in [0.25, 0.3) is 0 Å². The van der Waals surface area contributed by atoms with Gasteiger partial charge in [-0.15, -0.1) is 11.8 Å². The molecule has 30 heavy (non-hydrogen) atoms. The Balaban J connectivity index is 1.20. The van der Waals surface area contributed by atoms with Crippen molar-refractivity contribution >= 4 is 34.6 Å². The minimum absolute atomic E-state index is 0.129. The first-order valence-corrected chi connectivity index (χ1v) is 12.0. The average Bonchev–Trinajstić information content (AvgIpc) is 3.23. The number of nitrogens with one attached hydrogen (secondary N) is 1. The van der Waals surface area contributed by atoms with Crippen molar-refractivity contribution in [1.82, 2.24) is 24.7 Å². The van der Waals surface area contributed by atoms with Crippen LogP contribution in [0.25, 0.3) is 11.0 Å². The van der Waals surface area contributed by atoms with E-state index in [-0.39, 0.29) is 17.1 Å². The number of imidazole rings is 1. The van der Waals surface area contributed by atoms with Crippen LogP contribution in [0.15, 0.2) is 24.3 Å². The monoisotopic (exact) mass is 429 g/mol. The molecule has 2 aliphatic rings. The number of carbonyl (C=O) groups excluding carboxylic acids is 2. The highest BCUT2D eigenvalue weighted by Crippen LogP contribution is 2.28. The van der Waals surface area contributed by atoms with Crippen LogP contribution >= 0.6 is 11.8 Å². The van der Waals surface area contributed by atoms with E-state index in [1.54, 1.807) is 11.8 Å². The summed E-state index contributed by atoms with van der Waals surface area (Å²) in [5.41, 5.74) is 1.99. The molecule has 2 amide bonds. The minimum atomic E-state index is 0.129. The van der Waals surface area contributed by atoms with Crippen molar-refractivity contribution in [2.45, 2.75) is 31.4 Å². The van der Waals surface area contributed by atoms with E-state index in [4.69, 9.17) is 0 Å². The number of nitrogens with zero attached hydrogens (tertiary/aromatic N) is 4. The van der Waals surface area contributed by atoms with Crippen molar-refractivity contribution in [1.29, 1.82) is 0 Å². The number of hydrogen-bond acceptors (Lipinski definition) is 5. The number of amides is 2. The van der Waals surface area contributed by atoms with Crippen LogP contribution in [0.4, 0.5) is 0 Å². The van der Waals surface area contributed by atoms with Crippen molar-refractivity contribution in [2.24, 2.45) is 0 Å². The Labute approximate surface area is 182 Å². The molecule has 0 aliphatic carbocycles. The number of carbonyl (C=O) groups is 2. The number of piperazine rings is 1. The third-order valence-electron chi connectivity index (χ3n) is 6.04. The Bertz CT molecular complexity index is 838. The number of benzene rings is 1. The summed E-state index contributed by atoms with van der Waals surface area (Å²) < 4.78 is 0. The molecule has 1 aromatic heterocycles. The first-order chi connectivity index (χ1) is 14.6. The van der Waals surface area contributed by atoms with Crippen LogP contribution in [0.5, 0.6) is 0 Å². The fraction of sp³-hybridized carbons (Fsp3) is 0.591. The number of piperidine rings is 1. The van der Waals surface area contributed by atoms with E-state index in [9.17, 15) is 9.59 Å². The molecule has 0 saturated carbocycles. The van der Waals surface area contributed by atoms with Crippen LogP contribution in [0.1, 0.15) is 37.3 Å². The summed E-state index contributed by atoms with van der Waals surface area (Å²) >= 11 is 1.62. The first-order valence-electron chi connectivity index (χ1n) is 10.9. The van der Waals surface area contributed by atoms with Crippen LogP contribution in [0.2, 0.25) is 0 Å². The van der Waals surface area contributed by atoms with E-state index < -0.39 is 0 Å². The van der Waals surface area contributed by atoms with Crippen LogP contribution < -0.4 is 0 Å². The van der Waals surface area contributed by atoms with Gasteiger partial charge >= 0.3 is 0 Å². The third-order valence-corrected chi connectivity index (χ3v) is 7.18. The van der Waals surface area contributed by atoms with E-state index >= 15 is 0 Å². The molecule has 1 N–H and O–H groups in total. The van der Waals surface area contributed by atoms with Gasteiger partial charge in [0.2, 0.25) is 11.8 Å². The van der Waals surface area contributed by atoms with Gasteiger partial charge in [0.05, 0.1) is 28.6 Å². The largest absolute Gasteiger partial charge is 0.342 e. The van der Waals surface area contributed by atoms with Gasteiger partial charge in [0, 0.05) is 39.3 Å². The molecule has 2 saturated heterocycles. The quantitative estimate of drug-likeness (QED) is 0.764. The lowest BCUT2D eigenvalue weighted by atomic mass is 10.1. The number of likely N-dealkylation sites (tertiary alicyclic amines) is 1. The number of H-pyrrole nitrogens is 1. The molecule has 2 aromatic rings. The molecule has 162 valence electrons. The summed E-state index contributed by atoms with van der Waals surface area (Å²) in [6.45, 7) is 7.32. The summed E-state index contributed by atoms with van der Waals surface area (Å²) in [5.74, 6) is 1.77. The standard InChI is InChI=1S/C22H31N5O2S/c1-17(22-23-18-7-3-4-8-19(18)24-22)30-16-21(29)27-13-11-25(12-14-27)15-20(28)26-9-5-2-6-10-26/h3-4,7-8,17H,2,5-6,9-16H2,1H3,(H,23,24). The van der Waals surface area contributed by atoms with Crippen molar-refractivity contribution in [3.8, 4) is 0 Å². The van der Waals surface area contributed by atoms with Crippen LogP contribution in [0, 0.1) is 0 Å². The lowest BCUT2D eigenvalue weighted by molar-refractivity contribution is -0.134. The Morgan fingerprint density at radius 2 is 1.70 bits per heavy atom. The second kappa shape index (κ2) is 9.83. The Morgan fingerprint density at radius 3 is 2.43 bits per heavy atom. The molecule has 1 unspecified atom stereocenters. The zero-order valence-electron chi connectivity index (χ0n) is 17.7. The van der Waals surface area contributed by atoms with Crippen LogP contribution in [-0.4, -0.2) is 88.0 Å². The molecule has 4 rings (SSSR count). The number of thioether (sulfide) groups is 1. The van der Waals surface area contributed by atoms with Crippen molar-refractivity contribution in [3.63, 3.8) is 0 Å². The lowest BCUT2D eigenvalue weighted by Crippen LogP contribution is -2.52. The Kier molecular flexibility index (Phi) is 6.94. The second-order valence-electron chi connectivity index (χ2n) is 8.19. The number of para-hydroxylation sites is 2. The van der Waals surface area contributed by atoms with E-state index in [0.717, 1.165) is 55.9 Å². The highest BCUT2D eigenvalue weighted by molar-refractivity contribution is 8.00. The molecule has 0 bridgehead atoms. The average molecular weight is 430 g/mol. The van der Waals surface area contributed by atoms with Gasteiger partial charge < -0.3 is 14.8 Å². The molecule has 2 aliphatic heterocycles. The number of aromatic nitrogens is 2. The molecular weight excluding hydrogens is 398 g/mol. The highest BCUT2D eigenvalue weighted by Gasteiger charge is 2.25. The fourth-order valence-corrected chi connectivity index (χ4v) is 4.97. The molecule has 8 heteroatoms. The van der Waals surface area contributed by atoms with E-state index in [2.05, 4.69) is 21.8 Å². The van der Waals surface area contributed by atoms with Gasteiger partial charge in [-0.2, -0.15) is 0 Å². The van der Waals surface area contributed by atoms with Crippen LogP contribution in [-0.2, 0) is 9.59 Å². The maximum atomic E-state index is 12.7. The summed E-state index contributed by atoms with van der Waals surface area (Å²) in [7, 11) is 0. The zero-order valence-corrected chi connectivity index (χ0v) is 18.5. The van der Waals surface area contributed by atoms with Gasteiger partial charge in [-0.25, -0.2) is 4.98 Å². The zero-order chi connectivity index (χ0) is 20.9. The molecular formula is C22H31N5O2S. The lowest BCUT2D eigenvalue weighted by Gasteiger charge is -2.36. The predicted octanol–water partition coefficient (Wildman–Crippen LogP) is 2.51. The third kappa shape index (κ3) is 5.16. The summed E-state index contributed by atoms with van der Waals surface area (Å²) in [5, 5.41) is 0.129. The molecule has 2 fully saturated rings. The molecule has 7 nitrogen and oxygen atoms in total. The molecule has 1 atom stereocenters. The number of fused-ring (bicyclic) bond motifs is 1. The van der Waals surface area contributed by atoms with Crippen molar-refractivity contribution < 1.29 is 9.59 Å². The normalized spacial score (nSPS) is 19.2. The van der Waals surface area contributed by atoms with E-state index in [0.29, 0.717) is 25.4 Å². The molecule has 3 heterocycles. The highest BCUT2D eigenvalue weighted by atomic mass is 32.2. The van der Waals surface area contributed by atoms with Crippen LogP contribution in [0.3, 0.4) is 0 Å². The van der Waals surface area contributed by atoms with Gasteiger partial charge in [-0.05, 0) is 38.3 Å². The van der Waals surface area contributed by atoms with Gasteiger partial charge in [-0.1, -0.05) is 12.1 Å². The fourth-order valence-electron chi connectivity index (χ4n) is 4.12. The number of aromatic amines is 1. The van der Waals surface area contributed by atoms with E-state index in [1.807, 2.05) is 34.1 Å². The number of rotatable bonds is 6. The van der Waals surface area contributed by atoms with Crippen molar-refractivity contribution in [3.05, 3.63) is 30.1 Å². The Hall–Kier alpha value is -2.06. The number of hydrogen-bond donors (Lipinski definition) is 1. The van der Waals surface area contributed by atoms with E-state index in [1.165, 1.54) is 6.42 Å². The molecule has 0 radical (unpaired) electrons. The minimum Gasteiger partial charge on any atom is -0.342 e. The molecule has 0 spiro atoms. The molecule has 1 aromatic carbocycles. The predicted molar refractivity (Wildman–Crippen MR) is 120 cm³/mol. The maximum Gasteiger partial charge on any atom is 0.236 e. The SMILES string of the molecule is CC(SCC(=O)N1CCN(CC(=O)N2CCCCC2)CC1)c1nc2ccccc2[nH]1. The van der Waals surface area contributed by atoms with Crippen molar-refractivity contribution in [2.75, 3.05) is 51.6 Å². The van der Waals surface area contributed by atoms with Gasteiger partial charge in [-0.3, -0.25) is 14.5 Å². The van der Waals surface area contributed by atoms with Gasteiger partial charge in [0.1, 0.15) is 5.82 Å². The van der Waals surface area contributed by atoms with Gasteiger partial charge in [0.15, 0.2) is 0 Å². The first kappa shape index (κ1) is 21.2. The second-order valence-corrected chi connectivity index (χ2v) is 9.52. The summed E-state index contributed by atoms with van der Waals surface area (Å²) in [4.78, 5) is 39.2. The maximum absolute atomic E-state index is 12.7. The summed E-state index contributed by atoms with van der Waals surface area (Å²) in [6.07, 6.45) is 3.48. The topological polar surface area (TPSA) is 72.5 Å². The summed E-state index contributed by atoms with van der Waals surface area (Å²) in [6, 6.07) is 7.98. The Morgan fingerprint density at radius 1 is 1.00 bits per heavy atom.